The van der Waals surface area contributed by atoms with Gasteiger partial charge in [0.1, 0.15) is 23.0 Å². The molecule has 0 unspecified atom stereocenters. The van der Waals surface area contributed by atoms with E-state index >= 15 is 0 Å². The number of fused-ring (bicyclic) bond motifs is 2. The molecular formula is C20H18O3. The van der Waals surface area contributed by atoms with Crippen molar-refractivity contribution in [1.29, 1.82) is 0 Å². The first-order chi connectivity index (χ1) is 11.2. The summed E-state index contributed by atoms with van der Waals surface area (Å²) in [7, 11) is 0. The molecule has 23 heavy (non-hydrogen) atoms. The fourth-order valence-electron chi connectivity index (χ4n) is 3.40. The first-order valence-corrected chi connectivity index (χ1v) is 7.96. The molecule has 3 nitrogen and oxygen atoms in total. The smallest absolute Gasteiger partial charge is 0.138 e. The van der Waals surface area contributed by atoms with Crippen molar-refractivity contribution in [3.8, 4) is 23.0 Å². The lowest BCUT2D eigenvalue weighted by Gasteiger charge is -2.21. The van der Waals surface area contributed by atoms with E-state index in [1.807, 2.05) is 36.4 Å². The Hall–Kier alpha value is -2.68. The molecule has 4 rings (SSSR count). The third-order valence-corrected chi connectivity index (χ3v) is 4.53. The summed E-state index contributed by atoms with van der Waals surface area (Å²) in [5, 5.41) is 21.9. The minimum atomic E-state index is 0.214. The monoisotopic (exact) mass is 306 g/mol. The molecule has 0 saturated carbocycles. The molecule has 0 aromatic heterocycles. The van der Waals surface area contributed by atoms with Crippen molar-refractivity contribution in [2.45, 2.75) is 25.7 Å². The summed E-state index contributed by atoms with van der Waals surface area (Å²) in [6.07, 6.45) is 4.00. The molecule has 0 spiro atoms. The van der Waals surface area contributed by atoms with E-state index in [0.717, 1.165) is 47.9 Å². The molecule has 0 saturated heterocycles. The lowest BCUT2D eigenvalue weighted by molar-refractivity contribution is 0.443. The second kappa shape index (κ2) is 5.51. The molecule has 0 atom stereocenters. The van der Waals surface area contributed by atoms with Crippen LogP contribution in [-0.2, 0) is 12.8 Å². The molecule has 0 heterocycles. The molecule has 0 radical (unpaired) electrons. The Morgan fingerprint density at radius 2 is 1.43 bits per heavy atom. The van der Waals surface area contributed by atoms with Crippen LogP contribution in [0.4, 0.5) is 0 Å². The lowest BCUT2D eigenvalue weighted by atomic mass is 9.90. The van der Waals surface area contributed by atoms with Gasteiger partial charge in [-0.15, -0.1) is 0 Å². The van der Waals surface area contributed by atoms with Gasteiger partial charge in [-0.1, -0.05) is 24.3 Å². The van der Waals surface area contributed by atoms with E-state index in [0.29, 0.717) is 16.9 Å². The summed E-state index contributed by atoms with van der Waals surface area (Å²) in [6.45, 7) is 0. The van der Waals surface area contributed by atoms with Crippen LogP contribution in [0.5, 0.6) is 23.0 Å². The predicted octanol–water partition coefficient (Wildman–Crippen LogP) is 4.92. The fraction of sp³-hybridized carbons (Fsp3) is 0.200. The van der Waals surface area contributed by atoms with Gasteiger partial charge >= 0.3 is 0 Å². The highest BCUT2D eigenvalue weighted by Gasteiger charge is 2.19. The molecule has 0 amide bonds. The lowest BCUT2D eigenvalue weighted by Crippen LogP contribution is -2.05. The van der Waals surface area contributed by atoms with Gasteiger partial charge in [-0.3, -0.25) is 0 Å². The number of benzene rings is 3. The Morgan fingerprint density at radius 3 is 2.26 bits per heavy atom. The van der Waals surface area contributed by atoms with E-state index in [1.54, 1.807) is 12.1 Å². The Balaban J connectivity index is 1.83. The maximum absolute atomic E-state index is 10.2. The second-order valence-corrected chi connectivity index (χ2v) is 5.98. The average Bonchev–Trinajstić information content (AvgIpc) is 2.58. The highest BCUT2D eigenvalue weighted by Crippen LogP contribution is 2.40. The number of hydrogen-bond acceptors (Lipinski definition) is 3. The number of rotatable bonds is 2. The normalized spacial score (nSPS) is 13.7. The topological polar surface area (TPSA) is 49.7 Å². The van der Waals surface area contributed by atoms with Crippen molar-refractivity contribution in [3.05, 3.63) is 59.7 Å². The number of hydrogen-bond donors (Lipinski definition) is 2. The Bertz CT molecular complexity index is 878. The van der Waals surface area contributed by atoms with Gasteiger partial charge in [-0.05, 0) is 55.3 Å². The van der Waals surface area contributed by atoms with Gasteiger partial charge in [0.15, 0.2) is 0 Å². The van der Waals surface area contributed by atoms with Gasteiger partial charge in [0.2, 0.25) is 0 Å². The first kappa shape index (κ1) is 13.9. The van der Waals surface area contributed by atoms with Gasteiger partial charge in [0.05, 0.1) is 5.39 Å². The SMILES string of the molecule is Oc1ccc(Oc2cccc3cccc(O)c23)c2c1CCCC2. The van der Waals surface area contributed by atoms with Gasteiger partial charge in [0.25, 0.3) is 0 Å². The summed E-state index contributed by atoms with van der Waals surface area (Å²) in [5.74, 6) is 1.98. The van der Waals surface area contributed by atoms with Gasteiger partial charge < -0.3 is 14.9 Å². The molecule has 0 fully saturated rings. The van der Waals surface area contributed by atoms with Crippen LogP contribution >= 0.6 is 0 Å². The van der Waals surface area contributed by atoms with Crippen LogP contribution in [0.15, 0.2) is 48.5 Å². The maximum atomic E-state index is 10.2. The molecule has 116 valence electrons. The van der Waals surface area contributed by atoms with E-state index in [2.05, 4.69) is 0 Å². The quantitative estimate of drug-likeness (QED) is 0.706. The van der Waals surface area contributed by atoms with Crippen molar-refractivity contribution in [2.75, 3.05) is 0 Å². The van der Waals surface area contributed by atoms with Crippen LogP contribution in [0.1, 0.15) is 24.0 Å². The van der Waals surface area contributed by atoms with Crippen molar-refractivity contribution in [1.82, 2.24) is 0 Å². The van der Waals surface area contributed by atoms with Crippen LogP contribution in [-0.4, -0.2) is 10.2 Å². The van der Waals surface area contributed by atoms with Gasteiger partial charge in [0, 0.05) is 11.1 Å². The molecule has 3 aromatic carbocycles. The highest BCUT2D eigenvalue weighted by atomic mass is 16.5. The molecule has 0 aliphatic heterocycles. The summed E-state index contributed by atoms with van der Waals surface area (Å²) >= 11 is 0. The average molecular weight is 306 g/mol. The van der Waals surface area contributed by atoms with Crippen molar-refractivity contribution in [3.63, 3.8) is 0 Å². The van der Waals surface area contributed by atoms with E-state index in [4.69, 9.17) is 4.74 Å². The Morgan fingerprint density at radius 1 is 0.696 bits per heavy atom. The van der Waals surface area contributed by atoms with Crippen LogP contribution in [0.2, 0.25) is 0 Å². The van der Waals surface area contributed by atoms with E-state index < -0.39 is 0 Å². The predicted molar refractivity (Wildman–Crippen MR) is 90.4 cm³/mol. The molecule has 3 heteroatoms. The summed E-state index contributed by atoms with van der Waals surface area (Å²) < 4.78 is 6.15. The third-order valence-electron chi connectivity index (χ3n) is 4.53. The fourth-order valence-corrected chi connectivity index (χ4v) is 3.40. The number of phenolic OH excluding ortho intramolecular Hbond substituents is 2. The van der Waals surface area contributed by atoms with E-state index in [-0.39, 0.29) is 5.75 Å². The number of aromatic hydroxyl groups is 2. The van der Waals surface area contributed by atoms with Crippen LogP contribution in [0, 0.1) is 0 Å². The number of phenols is 2. The first-order valence-electron chi connectivity index (χ1n) is 7.96. The maximum Gasteiger partial charge on any atom is 0.138 e. The Kier molecular flexibility index (Phi) is 3.34. The second-order valence-electron chi connectivity index (χ2n) is 5.98. The molecule has 0 bridgehead atoms. The zero-order valence-electron chi connectivity index (χ0n) is 12.7. The van der Waals surface area contributed by atoms with Crippen LogP contribution in [0.25, 0.3) is 10.8 Å². The van der Waals surface area contributed by atoms with Crippen molar-refractivity contribution in [2.24, 2.45) is 0 Å². The summed E-state index contributed by atoms with van der Waals surface area (Å²) in [6, 6.07) is 14.7. The van der Waals surface area contributed by atoms with E-state index in [9.17, 15) is 10.2 Å². The van der Waals surface area contributed by atoms with Gasteiger partial charge in [-0.25, -0.2) is 0 Å². The molecule has 1 aliphatic carbocycles. The Labute approximate surface area is 134 Å². The van der Waals surface area contributed by atoms with Crippen LogP contribution in [0.3, 0.4) is 0 Å². The van der Waals surface area contributed by atoms with Crippen LogP contribution < -0.4 is 4.74 Å². The highest BCUT2D eigenvalue weighted by molar-refractivity contribution is 5.93. The van der Waals surface area contributed by atoms with Gasteiger partial charge in [-0.2, -0.15) is 0 Å². The third kappa shape index (κ3) is 2.38. The van der Waals surface area contributed by atoms with Crippen molar-refractivity contribution >= 4 is 10.8 Å². The molecular weight excluding hydrogens is 288 g/mol. The zero-order chi connectivity index (χ0) is 15.8. The number of ether oxygens (including phenoxy) is 1. The largest absolute Gasteiger partial charge is 0.508 e. The molecule has 2 N–H and O–H groups in total. The molecule has 1 aliphatic rings. The minimum absolute atomic E-state index is 0.214. The summed E-state index contributed by atoms with van der Waals surface area (Å²) in [4.78, 5) is 0. The molecule has 3 aromatic rings. The summed E-state index contributed by atoms with van der Waals surface area (Å²) in [5.41, 5.74) is 2.09. The zero-order valence-corrected chi connectivity index (χ0v) is 12.7. The minimum Gasteiger partial charge on any atom is -0.508 e. The standard InChI is InChI=1S/C20H18O3/c21-16-11-12-18(15-8-2-1-7-14(15)16)23-19-10-4-6-13-5-3-9-17(22)20(13)19/h3-6,9-12,21-22H,1-2,7-8H2. The van der Waals surface area contributed by atoms with Crippen molar-refractivity contribution < 1.29 is 14.9 Å². The van der Waals surface area contributed by atoms with E-state index in [1.165, 1.54) is 0 Å².